The minimum atomic E-state index is -0.353. The maximum Gasteiger partial charge on any atom is 0.247 e. The Labute approximate surface area is 142 Å². The smallest absolute Gasteiger partial charge is 0.247 e. The number of rotatable bonds is 6. The Morgan fingerprint density at radius 1 is 0.958 bits per heavy atom. The molecule has 0 radical (unpaired) electrons. The third kappa shape index (κ3) is 3.71. The lowest BCUT2D eigenvalue weighted by Gasteiger charge is -2.23. The van der Waals surface area contributed by atoms with Crippen molar-refractivity contribution in [2.75, 3.05) is 13.6 Å². The molecule has 1 saturated heterocycles. The molecule has 2 aromatic rings. The van der Waals surface area contributed by atoms with Crippen molar-refractivity contribution in [1.82, 2.24) is 9.80 Å². The van der Waals surface area contributed by atoms with Crippen molar-refractivity contribution in [2.24, 2.45) is 0 Å². The van der Waals surface area contributed by atoms with E-state index in [0.717, 1.165) is 11.1 Å². The molecule has 1 aliphatic rings. The van der Waals surface area contributed by atoms with Gasteiger partial charge in [-0.1, -0.05) is 60.7 Å². The average molecular weight is 322 g/mol. The Balaban J connectivity index is 1.61. The zero-order chi connectivity index (χ0) is 16.9. The summed E-state index contributed by atoms with van der Waals surface area (Å²) in [7, 11) is 1.91. The molecule has 0 saturated carbocycles. The molecule has 3 rings (SSSR count). The highest BCUT2D eigenvalue weighted by atomic mass is 16.2. The zero-order valence-electron chi connectivity index (χ0n) is 13.9. The van der Waals surface area contributed by atoms with Crippen molar-refractivity contribution >= 4 is 11.8 Å². The Morgan fingerprint density at radius 3 is 2.17 bits per heavy atom. The summed E-state index contributed by atoms with van der Waals surface area (Å²) in [5.41, 5.74) is 2.28. The lowest BCUT2D eigenvalue weighted by molar-refractivity contribution is -0.139. The van der Waals surface area contributed by atoms with Gasteiger partial charge < -0.3 is 0 Å². The molecule has 4 nitrogen and oxygen atoms in total. The number of carbonyl (C=O) groups excluding carboxylic acids is 2. The van der Waals surface area contributed by atoms with Gasteiger partial charge in [-0.2, -0.15) is 0 Å². The number of imide groups is 1. The van der Waals surface area contributed by atoms with E-state index in [-0.39, 0.29) is 24.3 Å². The van der Waals surface area contributed by atoms with Gasteiger partial charge >= 0.3 is 0 Å². The number of amides is 2. The maximum absolute atomic E-state index is 12.6. The van der Waals surface area contributed by atoms with Gasteiger partial charge in [-0.25, -0.2) is 0 Å². The third-order valence-electron chi connectivity index (χ3n) is 4.49. The van der Waals surface area contributed by atoms with Crippen LogP contribution >= 0.6 is 0 Å². The molecule has 124 valence electrons. The topological polar surface area (TPSA) is 40.6 Å². The summed E-state index contributed by atoms with van der Waals surface area (Å²) in [6.45, 7) is 1.12. The Kier molecular flexibility index (Phi) is 5.06. The summed E-state index contributed by atoms with van der Waals surface area (Å²) in [6.07, 6.45) is 0.977. The highest BCUT2D eigenvalue weighted by molar-refractivity contribution is 6.05. The molecule has 0 aromatic heterocycles. The van der Waals surface area contributed by atoms with Crippen molar-refractivity contribution in [3.63, 3.8) is 0 Å². The van der Waals surface area contributed by atoms with Crippen molar-refractivity contribution < 1.29 is 9.59 Å². The van der Waals surface area contributed by atoms with Crippen LogP contribution in [0.1, 0.15) is 17.5 Å². The van der Waals surface area contributed by atoms with Crippen molar-refractivity contribution in [2.45, 2.75) is 25.4 Å². The fourth-order valence-corrected chi connectivity index (χ4v) is 3.11. The maximum atomic E-state index is 12.6. The van der Waals surface area contributed by atoms with E-state index in [2.05, 4.69) is 0 Å². The number of hydrogen-bond acceptors (Lipinski definition) is 3. The number of likely N-dealkylation sites (N-methyl/N-ethyl adjacent to an activating group) is 1. The molecule has 0 bridgehead atoms. The molecule has 1 atom stereocenters. The van der Waals surface area contributed by atoms with Crippen molar-refractivity contribution in [3.8, 4) is 0 Å². The van der Waals surface area contributed by atoms with Crippen LogP contribution in [0.5, 0.6) is 0 Å². The third-order valence-corrected chi connectivity index (χ3v) is 4.49. The largest absolute Gasteiger partial charge is 0.290 e. The first-order chi connectivity index (χ1) is 11.6. The van der Waals surface area contributed by atoms with E-state index in [1.54, 1.807) is 0 Å². The summed E-state index contributed by atoms with van der Waals surface area (Å²) in [5.74, 6) is -0.143. The molecule has 1 aliphatic heterocycles. The molecular formula is C20H22N2O2. The highest BCUT2D eigenvalue weighted by Gasteiger charge is 2.40. The predicted octanol–water partition coefficient (Wildman–Crippen LogP) is 2.49. The van der Waals surface area contributed by atoms with Crippen molar-refractivity contribution in [1.29, 1.82) is 0 Å². The molecule has 2 aromatic carbocycles. The molecule has 4 heteroatoms. The van der Waals surface area contributed by atoms with Crippen LogP contribution in [-0.2, 0) is 22.6 Å². The standard InChI is InChI=1S/C20H22N2O2/c1-21(15-17-10-6-3-7-11-17)18-14-19(23)22(20(18)24)13-12-16-8-4-2-5-9-16/h2-11,18H,12-15H2,1H3/t18-/m1/s1. The van der Waals surface area contributed by atoms with Crippen molar-refractivity contribution in [3.05, 3.63) is 71.8 Å². The van der Waals surface area contributed by atoms with E-state index >= 15 is 0 Å². The number of hydrogen-bond donors (Lipinski definition) is 0. The lowest BCUT2D eigenvalue weighted by Crippen LogP contribution is -2.40. The summed E-state index contributed by atoms with van der Waals surface area (Å²) >= 11 is 0. The van der Waals surface area contributed by atoms with Gasteiger partial charge in [0, 0.05) is 13.1 Å². The second-order valence-corrected chi connectivity index (χ2v) is 6.24. The van der Waals surface area contributed by atoms with Gasteiger partial charge in [-0.15, -0.1) is 0 Å². The van der Waals surface area contributed by atoms with Crippen LogP contribution in [0, 0.1) is 0 Å². The lowest BCUT2D eigenvalue weighted by atomic mass is 10.1. The van der Waals surface area contributed by atoms with Gasteiger partial charge in [0.1, 0.15) is 0 Å². The van der Waals surface area contributed by atoms with Gasteiger partial charge in [0.15, 0.2) is 0 Å². The van der Waals surface area contributed by atoms with Crippen LogP contribution in [0.4, 0.5) is 0 Å². The fraction of sp³-hybridized carbons (Fsp3) is 0.300. The minimum absolute atomic E-state index is 0.0687. The van der Waals surface area contributed by atoms with E-state index in [1.165, 1.54) is 4.90 Å². The van der Waals surface area contributed by atoms with Crippen LogP contribution in [0.15, 0.2) is 60.7 Å². The zero-order valence-corrected chi connectivity index (χ0v) is 13.9. The summed E-state index contributed by atoms with van der Waals surface area (Å²) in [6, 6.07) is 19.6. The minimum Gasteiger partial charge on any atom is -0.290 e. The van der Waals surface area contributed by atoms with Gasteiger partial charge in [0.2, 0.25) is 11.8 Å². The molecule has 1 fully saturated rings. The van der Waals surface area contributed by atoms with Gasteiger partial charge in [0.05, 0.1) is 12.5 Å². The fourth-order valence-electron chi connectivity index (χ4n) is 3.11. The second kappa shape index (κ2) is 7.41. The number of nitrogens with zero attached hydrogens (tertiary/aromatic N) is 2. The van der Waals surface area contributed by atoms with E-state index in [1.807, 2.05) is 72.6 Å². The van der Waals surface area contributed by atoms with E-state index < -0.39 is 0 Å². The van der Waals surface area contributed by atoms with E-state index in [4.69, 9.17) is 0 Å². The Morgan fingerprint density at radius 2 is 1.54 bits per heavy atom. The first kappa shape index (κ1) is 16.4. The molecule has 0 spiro atoms. The van der Waals surface area contributed by atoms with Crippen LogP contribution in [0.3, 0.4) is 0 Å². The number of likely N-dealkylation sites (tertiary alicyclic amines) is 1. The normalized spacial score (nSPS) is 17.8. The molecule has 2 amide bonds. The predicted molar refractivity (Wildman–Crippen MR) is 93.2 cm³/mol. The summed E-state index contributed by atoms with van der Waals surface area (Å²) in [5, 5.41) is 0. The average Bonchev–Trinajstić information content (AvgIpc) is 2.89. The molecule has 0 aliphatic carbocycles. The van der Waals surface area contributed by atoms with Crippen LogP contribution < -0.4 is 0 Å². The van der Waals surface area contributed by atoms with Crippen LogP contribution in [-0.4, -0.2) is 41.2 Å². The molecule has 0 unspecified atom stereocenters. The molecule has 1 heterocycles. The molecule has 24 heavy (non-hydrogen) atoms. The second-order valence-electron chi connectivity index (χ2n) is 6.24. The van der Waals surface area contributed by atoms with E-state index in [0.29, 0.717) is 19.5 Å². The SMILES string of the molecule is CN(Cc1ccccc1)[C@@H]1CC(=O)N(CCc2ccccc2)C1=O. The Bertz CT molecular complexity index is 700. The van der Waals surface area contributed by atoms with Gasteiger partial charge in [-0.3, -0.25) is 19.4 Å². The Hall–Kier alpha value is -2.46. The molecular weight excluding hydrogens is 300 g/mol. The first-order valence-corrected chi connectivity index (χ1v) is 8.27. The number of benzene rings is 2. The molecule has 0 N–H and O–H groups in total. The summed E-state index contributed by atoms with van der Waals surface area (Å²) in [4.78, 5) is 28.3. The van der Waals surface area contributed by atoms with Crippen LogP contribution in [0.25, 0.3) is 0 Å². The number of carbonyl (C=O) groups is 2. The van der Waals surface area contributed by atoms with Gasteiger partial charge in [-0.05, 0) is 24.6 Å². The van der Waals surface area contributed by atoms with Gasteiger partial charge in [0.25, 0.3) is 0 Å². The van der Waals surface area contributed by atoms with Crippen LogP contribution in [0.2, 0.25) is 0 Å². The monoisotopic (exact) mass is 322 g/mol. The highest BCUT2D eigenvalue weighted by Crippen LogP contribution is 2.20. The quantitative estimate of drug-likeness (QED) is 0.767. The first-order valence-electron chi connectivity index (χ1n) is 8.27. The summed E-state index contributed by atoms with van der Waals surface area (Å²) < 4.78 is 0. The van der Waals surface area contributed by atoms with E-state index in [9.17, 15) is 9.59 Å².